The highest BCUT2D eigenvalue weighted by atomic mass is 79.9. The fourth-order valence-corrected chi connectivity index (χ4v) is 3.57. The second-order valence-electron chi connectivity index (χ2n) is 3.60. The van der Waals surface area contributed by atoms with Gasteiger partial charge in [-0.25, -0.2) is 0 Å². The Morgan fingerprint density at radius 3 is 2.72 bits per heavy atom. The maximum atomic E-state index is 8.85. The van der Waals surface area contributed by atoms with Crippen LogP contribution in [0.25, 0.3) is 0 Å². The molecule has 0 radical (unpaired) electrons. The van der Waals surface area contributed by atoms with E-state index in [4.69, 9.17) is 5.26 Å². The van der Waals surface area contributed by atoms with Gasteiger partial charge < -0.3 is 4.90 Å². The molecule has 0 atom stereocenters. The summed E-state index contributed by atoms with van der Waals surface area (Å²) in [5.74, 6) is 0. The zero-order valence-electron chi connectivity index (χ0n) is 9.72. The Morgan fingerprint density at radius 1 is 1.39 bits per heavy atom. The minimum Gasteiger partial charge on any atom is -0.353 e. The van der Waals surface area contributed by atoms with Crippen LogP contribution in [0.1, 0.15) is 5.56 Å². The molecule has 1 aromatic heterocycles. The molecule has 0 saturated carbocycles. The highest BCUT2D eigenvalue weighted by molar-refractivity contribution is 9.10. The van der Waals surface area contributed by atoms with Crippen molar-refractivity contribution in [3.05, 3.63) is 28.2 Å². The van der Waals surface area contributed by atoms with Gasteiger partial charge in [-0.15, -0.1) is 10.2 Å². The van der Waals surface area contributed by atoms with Gasteiger partial charge in [0.05, 0.1) is 5.56 Å². The molecule has 0 aliphatic carbocycles. The Bertz CT molecular complexity index is 603. The summed E-state index contributed by atoms with van der Waals surface area (Å²) >= 11 is 6.45. The number of nitrogens with zero attached hydrogens (tertiary/aromatic N) is 4. The fourth-order valence-electron chi connectivity index (χ4n) is 1.18. The van der Waals surface area contributed by atoms with Crippen LogP contribution in [-0.2, 0) is 0 Å². The lowest BCUT2D eigenvalue weighted by molar-refractivity contribution is 0.972. The molecule has 1 heterocycles. The summed E-state index contributed by atoms with van der Waals surface area (Å²) < 4.78 is 1.68. The highest BCUT2D eigenvalue weighted by Crippen LogP contribution is 2.34. The normalized spacial score (nSPS) is 10.1. The standard InChI is InChI=1S/C11H9BrN4S2/c1-16(2)10-14-15-11(18-10)17-8-4-3-7(6-13)9(12)5-8/h3-5H,1-2H3. The van der Waals surface area contributed by atoms with E-state index in [0.717, 1.165) is 18.8 Å². The smallest absolute Gasteiger partial charge is 0.208 e. The summed E-state index contributed by atoms with van der Waals surface area (Å²) in [6.45, 7) is 0. The third-order valence-electron chi connectivity index (χ3n) is 2.04. The lowest BCUT2D eigenvalue weighted by atomic mass is 10.2. The van der Waals surface area contributed by atoms with E-state index in [1.165, 1.54) is 23.1 Å². The molecule has 7 heteroatoms. The van der Waals surface area contributed by atoms with Gasteiger partial charge in [0.15, 0.2) is 4.34 Å². The third kappa shape index (κ3) is 3.02. The van der Waals surface area contributed by atoms with Crippen LogP contribution in [0.3, 0.4) is 0 Å². The Labute approximate surface area is 122 Å². The number of hydrogen-bond donors (Lipinski definition) is 0. The molecule has 92 valence electrons. The van der Waals surface area contributed by atoms with Gasteiger partial charge in [0.2, 0.25) is 5.13 Å². The van der Waals surface area contributed by atoms with Crippen LogP contribution >= 0.6 is 39.0 Å². The Morgan fingerprint density at radius 2 is 2.17 bits per heavy atom. The summed E-state index contributed by atoms with van der Waals surface area (Å²) in [6.07, 6.45) is 0. The highest BCUT2D eigenvalue weighted by Gasteiger charge is 2.08. The lowest BCUT2D eigenvalue weighted by Crippen LogP contribution is -2.07. The van der Waals surface area contributed by atoms with Crippen molar-refractivity contribution in [2.45, 2.75) is 9.24 Å². The number of rotatable bonds is 3. The summed E-state index contributed by atoms with van der Waals surface area (Å²) in [5, 5.41) is 17.9. The molecular formula is C11H9BrN4S2. The van der Waals surface area contributed by atoms with Crippen LogP contribution in [-0.4, -0.2) is 24.3 Å². The van der Waals surface area contributed by atoms with Gasteiger partial charge in [-0.05, 0) is 34.1 Å². The molecular weight excluding hydrogens is 332 g/mol. The van der Waals surface area contributed by atoms with E-state index >= 15 is 0 Å². The Kier molecular flexibility index (Phi) is 4.22. The van der Waals surface area contributed by atoms with Gasteiger partial charge in [0, 0.05) is 23.5 Å². The molecule has 0 aliphatic heterocycles. The third-order valence-corrected chi connectivity index (χ3v) is 4.83. The molecule has 0 amide bonds. The predicted octanol–water partition coefficient (Wildman–Crippen LogP) is 3.39. The molecule has 0 spiro atoms. The van der Waals surface area contributed by atoms with Crippen molar-refractivity contribution in [2.24, 2.45) is 0 Å². The average Bonchev–Trinajstić information content (AvgIpc) is 2.78. The second-order valence-corrected chi connectivity index (χ2v) is 6.73. The quantitative estimate of drug-likeness (QED) is 0.857. The van der Waals surface area contributed by atoms with Crippen LogP contribution in [0.4, 0.5) is 5.13 Å². The molecule has 1 aromatic carbocycles. The first-order valence-corrected chi connectivity index (χ1v) is 7.41. The first kappa shape index (κ1) is 13.3. The molecule has 0 N–H and O–H groups in total. The molecule has 4 nitrogen and oxygen atoms in total. The molecule has 0 saturated heterocycles. The minimum absolute atomic E-state index is 0.630. The van der Waals surface area contributed by atoms with E-state index in [2.05, 4.69) is 32.2 Å². The summed E-state index contributed by atoms with van der Waals surface area (Å²) in [7, 11) is 3.88. The predicted molar refractivity (Wildman–Crippen MR) is 77.2 cm³/mol. The fraction of sp³-hybridized carbons (Fsp3) is 0.182. The van der Waals surface area contributed by atoms with Crippen LogP contribution in [0.15, 0.2) is 31.9 Å². The van der Waals surface area contributed by atoms with Crippen molar-refractivity contribution in [1.29, 1.82) is 5.26 Å². The van der Waals surface area contributed by atoms with Crippen LogP contribution < -0.4 is 4.90 Å². The second kappa shape index (κ2) is 5.69. The van der Waals surface area contributed by atoms with Crippen molar-refractivity contribution in [2.75, 3.05) is 19.0 Å². The van der Waals surface area contributed by atoms with Crippen LogP contribution in [0.5, 0.6) is 0 Å². The summed E-state index contributed by atoms with van der Waals surface area (Å²) in [5.41, 5.74) is 0.630. The van der Waals surface area contributed by atoms with Crippen molar-refractivity contribution in [3.8, 4) is 6.07 Å². The number of anilines is 1. The maximum absolute atomic E-state index is 8.85. The minimum atomic E-state index is 0.630. The first-order chi connectivity index (χ1) is 8.60. The zero-order valence-corrected chi connectivity index (χ0v) is 12.9. The number of hydrogen-bond acceptors (Lipinski definition) is 6. The zero-order chi connectivity index (χ0) is 13.1. The van der Waals surface area contributed by atoms with Crippen LogP contribution in [0, 0.1) is 11.3 Å². The van der Waals surface area contributed by atoms with Gasteiger partial charge in [-0.1, -0.05) is 23.1 Å². The van der Waals surface area contributed by atoms with Crippen LogP contribution in [0.2, 0.25) is 0 Å². The lowest BCUT2D eigenvalue weighted by Gasteiger charge is -2.03. The van der Waals surface area contributed by atoms with Crippen molar-refractivity contribution < 1.29 is 0 Å². The van der Waals surface area contributed by atoms with Gasteiger partial charge in [-0.2, -0.15) is 5.26 Å². The van der Waals surface area contributed by atoms with E-state index < -0.39 is 0 Å². The molecule has 0 unspecified atom stereocenters. The largest absolute Gasteiger partial charge is 0.353 e. The number of nitriles is 1. The van der Waals surface area contributed by atoms with Gasteiger partial charge in [0.1, 0.15) is 6.07 Å². The first-order valence-electron chi connectivity index (χ1n) is 4.98. The van der Waals surface area contributed by atoms with E-state index in [-0.39, 0.29) is 0 Å². The number of halogens is 1. The number of benzene rings is 1. The van der Waals surface area contributed by atoms with E-state index in [9.17, 15) is 0 Å². The van der Waals surface area contributed by atoms with E-state index in [1.807, 2.05) is 31.1 Å². The SMILES string of the molecule is CN(C)c1nnc(Sc2ccc(C#N)c(Br)c2)s1. The van der Waals surface area contributed by atoms with Gasteiger partial charge in [-0.3, -0.25) is 0 Å². The van der Waals surface area contributed by atoms with Gasteiger partial charge in [0.25, 0.3) is 0 Å². The molecule has 2 rings (SSSR count). The molecule has 2 aromatic rings. The molecule has 0 fully saturated rings. The summed E-state index contributed by atoms with van der Waals surface area (Å²) in [6, 6.07) is 7.73. The topological polar surface area (TPSA) is 52.8 Å². The van der Waals surface area contributed by atoms with Crippen molar-refractivity contribution >= 4 is 44.2 Å². The monoisotopic (exact) mass is 340 g/mol. The molecule has 0 bridgehead atoms. The van der Waals surface area contributed by atoms with Gasteiger partial charge >= 0.3 is 0 Å². The molecule has 0 aliphatic rings. The van der Waals surface area contributed by atoms with E-state index in [0.29, 0.717) is 5.56 Å². The maximum Gasteiger partial charge on any atom is 0.208 e. The van der Waals surface area contributed by atoms with Crippen molar-refractivity contribution in [3.63, 3.8) is 0 Å². The Balaban J connectivity index is 2.18. The molecule has 18 heavy (non-hydrogen) atoms. The van der Waals surface area contributed by atoms with Crippen molar-refractivity contribution in [1.82, 2.24) is 10.2 Å². The Hall–Kier alpha value is -1.10. The number of aromatic nitrogens is 2. The summed E-state index contributed by atoms with van der Waals surface area (Å²) in [4.78, 5) is 2.96. The average molecular weight is 341 g/mol. The van der Waals surface area contributed by atoms with E-state index in [1.54, 1.807) is 6.07 Å².